The second kappa shape index (κ2) is 9.37. The van der Waals surface area contributed by atoms with Crippen molar-refractivity contribution in [1.29, 1.82) is 0 Å². The highest BCUT2D eigenvalue weighted by molar-refractivity contribution is 6.33. The van der Waals surface area contributed by atoms with Crippen LogP contribution in [0, 0.1) is 23.7 Å². The van der Waals surface area contributed by atoms with E-state index in [1.165, 1.54) is 4.90 Å². The van der Waals surface area contributed by atoms with Crippen LogP contribution in [0.15, 0.2) is 24.3 Å². The highest BCUT2D eigenvalue weighted by Gasteiger charge is 2.80. The summed E-state index contributed by atoms with van der Waals surface area (Å²) in [6.07, 6.45) is 1.23. The number of aliphatic hydroxyl groups is 1. The van der Waals surface area contributed by atoms with Crippen molar-refractivity contribution in [2.75, 3.05) is 18.5 Å². The standard InChI is InChI=1S/C26H36ClN3O5/c1-6-11-28-22(32)19-20-24(34)30(18(13-31)14(2)3)21(26(20)12-15(4)25(19,5)35-26)23(33)29-17-10-8-7-9-16(17)27/h7-10,14-15,18-21,31H,6,11-13H2,1-5H3,(H,28,32)(H,29,33)/t15?,18-,19+,20-,21?,25-,26?/m0/s1. The molecular weight excluding hydrogens is 470 g/mol. The van der Waals surface area contributed by atoms with E-state index in [1.54, 1.807) is 24.3 Å². The van der Waals surface area contributed by atoms with Crippen molar-refractivity contribution in [3.63, 3.8) is 0 Å². The zero-order valence-electron chi connectivity index (χ0n) is 21.0. The molecule has 3 aliphatic rings. The number of likely N-dealkylation sites (tertiary alicyclic amines) is 1. The van der Waals surface area contributed by atoms with Crippen molar-refractivity contribution in [2.24, 2.45) is 23.7 Å². The van der Waals surface area contributed by atoms with Gasteiger partial charge in [-0.05, 0) is 43.7 Å². The van der Waals surface area contributed by atoms with Crippen LogP contribution >= 0.6 is 11.6 Å². The minimum Gasteiger partial charge on any atom is -0.394 e. The monoisotopic (exact) mass is 505 g/mol. The van der Waals surface area contributed by atoms with Crippen LogP contribution in [0.5, 0.6) is 0 Å². The molecule has 3 N–H and O–H groups in total. The molecule has 3 fully saturated rings. The molecule has 3 aliphatic heterocycles. The Bertz CT molecular complexity index is 1020. The van der Waals surface area contributed by atoms with Crippen molar-refractivity contribution in [1.82, 2.24) is 10.2 Å². The minimum absolute atomic E-state index is 0.0499. The largest absolute Gasteiger partial charge is 0.394 e. The van der Waals surface area contributed by atoms with Gasteiger partial charge in [-0.15, -0.1) is 0 Å². The number of amides is 3. The second-order valence-corrected chi connectivity index (χ2v) is 11.1. The van der Waals surface area contributed by atoms with Crippen molar-refractivity contribution >= 4 is 35.0 Å². The first-order valence-corrected chi connectivity index (χ1v) is 12.9. The summed E-state index contributed by atoms with van der Waals surface area (Å²) < 4.78 is 6.68. The number of ether oxygens (including phenoxy) is 1. The third-order valence-corrected chi connectivity index (χ3v) is 8.61. The Morgan fingerprint density at radius 3 is 2.57 bits per heavy atom. The molecule has 9 heteroatoms. The van der Waals surface area contributed by atoms with E-state index in [1.807, 2.05) is 34.6 Å². The summed E-state index contributed by atoms with van der Waals surface area (Å²) in [6.45, 7) is 9.85. The molecule has 0 aliphatic carbocycles. The lowest BCUT2D eigenvalue weighted by atomic mass is 9.62. The van der Waals surface area contributed by atoms with Crippen LogP contribution in [0.2, 0.25) is 5.02 Å². The van der Waals surface area contributed by atoms with Crippen LogP contribution < -0.4 is 10.6 Å². The Labute approximate surface area is 211 Å². The van der Waals surface area contributed by atoms with Gasteiger partial charge in [-0.25, -0.2) is 0 Å². The van der Waals surface area contributed by atoms with Crippen LogP contribution in [-0.4, -0.2) is 64.2 Å². The maximum atomic E-state index is 14.1. The van der Waals surface area contributed by atoms with E-state index in [9.17, 15) is 19.5 Å². The number of nitrogens with one attached hydrogen (secondary N) is 2. The molecule has 2 bridgehead atoms. The number of carbonyl (C=O) groups is 3. The summed E-state index contributed by atoms with van der Waals surface area (Å²) in [5, 5.41) is 16.5. The SMILES string of the molecule is CCCNC(=O)[C@H]1[C@H]2C(=O)N([C@@H](CO)C(C)C)C(C(=O)Nc3ccccc3Cl)C23CC(C)[C@]1(C)O3. The van der Waals surface area contributed by atoms with Gasteiger partial charge in [0, 0.05) is 6.54 Å². The summed E-state index contributed by atoms with van der Waals surface area (Å²) in [7, 11) is 0. The number of para-hydroxylation sites is 1. The molecule has 3 unspecified atom stereocenters. The summed E-state index contributed by atoms with van der Waals surface area (Å²) in [6, 6.07) is 5.29. The first-order valence-electron chi connectivity index (χ1n) is 12.5. The molecule has 0 saturated carbocycles. The van der Waals surface area contributed by atoms with E-state index in [0.717, 1.165) is 6.42 Å². The van der Waals surface area contributed by atoms with Gasteiger partial charge in [0.1, 0.15) is 11.6 Å². The number of hydrogen-bond donors (Lipinski definition) is 3. The smallest absolute Gasteiger partial charge is 0.250 e. The number of carbonyl (C=O) groups excluding carboxylic acids is 3. The lowest BCUT2D eigenvalue weighted by Gasteiger charge is -2.38. The maximum Gasteiger partial charge on any atom is 0.250 e. The summed E-state index contributed by atoms with van der Waals surface area (Å²) >= 11 is 6.31. The topological polar surface area (TPSA) is 108 Å². The van der Waals surface area contributed by atoms with Gasteiger partial charge in [-0.1, -0.05) is 51.4 Å². The molecule has 4 rings (SSSR count). The Morgan fingerprint density at radius 2 is 1.97 bits per heavy atom. The van der Waals surface area contributed by atoms with E-state index in [2.05, 4.69) is 10.6 Å². The lowest BCUT2D eigenvalue weighted by Crippen LogP contribution is -2.57. The predicted octanol–water partition coefficient (Wildman–Crippen LogP) is 2.83. The number of nitrogens with zero attached hydrogens (tertiary/aromatic N) is 1. The van der Waals surface area contributed by atoms with Crippen LogP contribution in [0.3, 0.4) is 0 Å². The normalized spacial score (nSPS) is 34.3. The minimum atomic E-state index is -1.17. The number of aliphatic hydroxyl groups excluding tert-OH is 1. The van der Waals surface area contributed by atoms with E-state index in [4.69, 9.17) is 16.3 Å². The van der Waals surface area contributed by atoms with E-state index < -0.39 is 41.0 Å². The zero-order valence-corrected chi connectivity index (χ0v) is 21.8. The average Bonchev–Trinajstić information content (AvgIpc) is 3.31. The molecule has 35 heavy (non-hydrogen) atoms. The quantitative estimate of drug-likeness (QED) is 0.503. The van der Waals surface area contributed by atoms with Gasteiger partial charge in [0.15, 0.2) is 0 Å². The summed E-state index contributed by atoms with van der Waals surface area (Å²) in [5.41, 5.74) is -1.62. The van der Waals surface area contributed by atoms with Crippen molar-refractivity contribution in [3.8, 4) is 0 Å². The number of halogens is 1. The Morgan fingerprint density at radius 1 is 1.29 bits per heavy atom. The fourth-order valence-electron chi connectivity index (χ4n) is 6.48. The van der Waals surface area contributed by atoms with Gasteiger partial charge < -0.3 is 25.4 Å². The highest BCUT2D eigenvalue weighted by atomic mass is 35.5. The number of hydrogen-bond acceptors (Lipinski definition) is 5. The van der Waals surface area contributed by atoms with Crippen LogP contribution in [0.1, 0.15) is 47.5 Å². The van der Waals surface area contributed by atoms with E-state index >= 15 is 0 Å². The van der Waals surface area contributed by atoms with Crippen molar-refractivity contribution < 1.29 is 24.2 Å². The fourth-order valence-corrected chi connectivity index (χ4v) is 6.66. The molecule has 8 nitrogen and oxygen atoms in total. The third kappa shape index (κ3) is 3.85. The zero-order chi connectivity index (χ0) is 25.7. The van der Waals surface area contributed by atoms with E-state index in [0.29, 0.717) is 23.7 Å². The molecule has 3 amide bonds. The van der Waals surface area contributed by atoms with Gasteiger partial charge >= 0.3 is 0 Å². The molecule has 1 aromatic carbocycles. The molecule has 0 radical (unpaired) electrons. The molecule has 3 saturated heterocycles. The predicted molar refractivity (Wildman–Crippen MR) is 133 cm³/mol. The number of fused-ring (bicyclic) bond motifs is 1. The molecule has 1 spiro atoms. The third-order valence-electron chi connectivity index (χ3n) is 8.28. The Hall–Kier alpha value is -2.16. The van der Waals surface area contributed by atoms with Crippen LogP contribution in [0.4, 0.5) is 5.69 Å². The van der Waals surface area contributed by atoms with Gasteiger partial charge in [0.25, 0.3) is 0 Å². The average molecular weight is 506 g/mol. The maximum absolute atomic E-state index is 14.1. The lowest BCUT2D eigenvalue weighted by molar-refractivity contribution is -0.150. The number of anilines is 1. The van der Waals surface area contributed by atoms with Gasteiger partial charge in [-0.3, -0.25) is 14.4 Å². The van der Waals surface area contributed by atoms with Gasteiger partial charge in [-0.2, -0.15) is 0 Å². The van der Waals surface area contributed by atoms with Crippen LogP contribution in [0.25, 0.3) is 0 Å². The fraction of sp³-hybridized carbons (Fsp3) is 0.654. The first-order chi connectivity index (χ1) is 16.5. The second-order valence-electron chi connectivity index (χ2n) is 10.7. The van der Waals surface area contributed by atoms with Crippen molar-refractivity contribution in [2.45, 2.75) is 70.7 Å². The summed E-state index contributed by atoms with van der Waals surface area (Å²) in [5.74, 6) is -2.67. The van der Waals surface area contributed by atoms with Crippen molar-refractivity contribution in [3.05, 3.63) is 29.3 Å². The highest BCUT2D eigenvalue weighted by Crippen LogP contribution is 2.65. The molecule has 192 valence electrons. The first kappa shape index (κ1) is 25.9. The Kier molecular flexibility index (Phi) is 6.94. The summed E-state index contributed by atoms with van der Waals surface area (Å²) in [4.78, 5) is 42.9. The van der Waals surface area contributed by atoms with E-state index in [-0.39, 0.29) is 30.3 Å². The molecular formula is C26H36ClN3O5. The molecule has 7 atom stereocenters. The Balaban J connectivity index is 1.81. The molecule has 1 aromatic rings. The van der Waals surface area contributed by atoms with Gasteiger partial charge in [0.2, 0.25) is 17.7 Å². The van der Waals surface area contributed by atoms with Crippen LogP contribution in [-0.2, 0) is 19.1 Å². The number of benzene rings is 1. The number of rotatable bonds is 8. The van der Waals surface area contributed by atoms with Gasteiger partial charge in [0.05, 0.1) is 40.8 Å². The molecule has 3 heterocycles. The molecule has 0 aromatic heterocycles.